The van der Waals surface area contributed by atoms with Crippen LogP contribution in [-0.2, 0) is 9.53 Å². The largest absolute Gasteiger partial charge is 0.491 e. The number of anilines is 2. The summed E-state index contributed by atoms with van der Waals surface area (Å²) in [5.74, 6) is 0.930. The molecule has 0 bridgehead atoms. The molecule has 2 aromatic rings. The summed E-state index contributed by atoms with van der Waals surface area (Å²) in [6.45, 7) is 4.97. The van der Waals surface area contributed by atoms with Gasteiger partial charge in [-0.1, -0.05) is 5.16 Å². The van der Waals surface area contributed by atoms with E-state index in [-0.39, 0.29) is 12.0 Å². The highest BCUT2D eigenvalue weighted by atomic mass is 16.5. The molecule has 3 rings (SSSR count). The van der Waals surface area contributed by atoms with Crippen molar-refractivity contribution in [3.05, 3.63) is 36.0 Å². The van der Waals surface area contributed by atoms with Gasteiger partial charge in [-0.15, -0.1) is 0 Å². The zero-order chi connectivity index (χ0) is 17.6. The maximum absolute atomic E-state index is 12.1. The molecule has 134 valence electrons. The molecule has 7 nitrogen and oxygen atoms in total. The normalized spacial score (nSPS) is 17.9. The topological polar surface area (TPSA) is 85.6 Å². The molecule has 2 heterocycles. The van der Waals surface area contributed by atoms with E-state index in [2.05, 4.69) is 15.8 Å². The second kappa shape index (κ2) is 8.02. The molecule has 1 saturated heterocycles. The van der Waals surface area contributed by atoms with Gasteiger partial charge in [-0.3, -0.25) is 10.1 Å². The summed E-state index contributed by atoms with van der Waals surface area (Å²) in [6.07, 6.45) is 2.35. The lowest BCUT2D eigenvalue weighted by Gasteiger charge is -2.15. The fourth-order valence-corrected chi connectivity index (χ4v) is 2.58. The minimum Gasteiger partial charge on any atom is -0.491 e. The average molecular weight is 345 g/mol. The maximum atomic E-state index is 12.1. The van der Waals surface area contributed by atoms with Crippen LogP contribution in [0.4, 0.5) is 11.6 Å². The van der Waals surface area contributed by atoms with Crippen LogP contribution in [0.25, 0.3) is 0 Å². The zero-order valence-electron chi connectivity index (χ0n) is 14.5. The Morgan fingerprint density at radius 3 is 2.84 bits per heavy atom. The zero-order valence-corrected chi connectivity index (χ0v) is 14.5. The van der Waals surface area contributed by atoms with Crippen molar-refractivity contribution in [1.29, 1.82) is 0 Å². The van der Waals surface area contributed by atoms with E-state index in [0.717, 1.165) is 36.6 Å². The van der Waals surface area contributed by atoms with Gasteiger partial charge in [0.05, 0.1) is 11.8 Å². The Bertz CT molecular complexity index is 693. The van der Waals surface area contributed by atoms with Gasteiger partial charge in [-0.2, -0.15) is 0 Å². The quantitative estimate of drug-likeness (QED) is 0.802. The SMILES string of the molecule is Cc1cc(NC(=O)[C@H](C)Nc2ccc(OC[C@H]3CCCO3)cc2)on1. The molecular formula is C18H23N3O4. The molecule has 7 heteroatoms. The van der Waals surface area contributed by atoms with Gasteiger partial charge in [0.25, 0.3) is 0 Å². The Labute approximate surface area is 146 Å². The van der Waals surface area contributed by atoms with Crippen molar-refractivity contribution in [3.63, 3.8) is 0 Å². The van der Waals surface area contributed by atoms with E-state index in [1.807, 2.05) is 24.3 Å². The minimum atomic E-state index is -0.427. The summed E-state index contributed by atoms with van der Waals surface area (Å²) in [5, 5.41) is 9.55. The monoisotopic (exact) mass is 345 g/mol. The van der Waals surface area contributed by atoms with E-state index in [1.54, 1.807) is 19.9 Å². The van der Waals surface area contributed by atoms with E-state index in [1.165, 1.54) is 0 Å². The Morgan fingerprint density at radius 1 is 1.40 bits per heavy atom. The van der Waals surface area contributed by atoms with Crippen LogP contribution in [0.15, 0.2) is 34.9 Å². The molecule has 0 spiro atoms. The van der Waals surface area contributed by atoms with E-state index < -0.39 is 6.04 Å². The Kier molecular flexibility index (Phi) is 5.55. The summed E-state index contributed by atoms with van der Waals surface area (Å²) in [6, 6.07) is 8.76. The summed E-state index contributed by atoms with van der Waals surface area (Å²) in [7, 11) is 0. The maximum Gasteiger partial charge on any atom is 0.248 e. The van der Waals surface area contributed by atoms with Crippen molar-refractivity contribution in [2.24, 2.45) is 0 Å². The summed E-state index contributed by atoms with van der Waals surface area (Å²) >= 11 is 0. The number of nitrogens with one attached hydrogen (secondary N) is 2. The van der Waals surface area contributed by atoms with Gasteiger partial charge in [0.15, 0.2) is 0 Å². The van der Waals surface area contributed by atoms with Crippen LogP contribution in [0.5, 0.6) is 5.75 Å². The number of benzene rings is 1. The second-order valence-electron chi connectivity index (χ2n) is 6.16. The molecule has 0 saturated carbocycles. The van der Waals surface area contributed by atoms with Crippen LogP contribution in [0.3, 0.4) is 0 Å². The summed E-state index contributed by atoms with van der Waals surface area (Å²) in [5.41, 5.74) is 1.55. The number of ether oxygens (including phenoxy) is 2. The molecule has 1 amide bonds. The van der Waals surface area contributed by atoms with Crippen LogP contribution >= 0.6 is 0 Å². The molecule has 2 atom stereocenters. The fraction of sp³-hybridized carbons (Fsp3) is 0.444. The molecule has 1 aromatic heterocycles. The predicted octanol–water partition coefficient (Wildman–Crippen LogP) is 2.98. The first-order chi connectivity index (χ1) is 12.1. The van der Waals surface area contributed by atoms with E-state index in [9.17, 15) is 4.79 Å². The molecule has 1 aliphatic heterocycles. The van der Waals surface area contributed by atoms with E-state index in [4.69, 9.17) is 14.0 Å². The Hall–Kier alpha value is -2.54. The highest BCUT2D eigenvalue weighted by molar-refractivity contribution is 5.95. The van der Waals surface area contributed by atoms with Gasteiger partial charge in [-0.25, -0.2) is 0 Å². The lowest BCUT2D eigenvalue weighted by Crippen LogP contribution is -2.31. The number of aryl methyl sites for hydroxylation is 1. The second-order valence-corrected chi connectivity index (χ2v) is 6.16. The predicted molar refractivity (Wildman–Crippen MR) is 93.9 cm³/mol. The van der Waals surface area contributed by atoms with Crippen LogP contribution in [0.1, 0.15) is 25.5 Å². The van der Waals surface area contributed by atoms with Gasteiger partial charge in [-0.05, 0) is 51.0 Å². The molecule has 1 aromatic carbocycles. The molecule has 1 fully saturated rings. The van der Waals surface area contributed by atoms with Crippen molar-refractivity contribution < 1.29 is 18.8 Å². The van der Waals surface area contributed by atoms with Gasteiger partial charge in [0.2, 0.25) is 11.8 Å². The van der Waals surface area contributed by atoms with Crippen molar-refractivity contribution in [3.8, 4) is 5.75 Å². The van der Waals surface area contributed by atoms with E-state index >= 15 is 0 Å². The lowest BCUT2D eigenvalue weighted by atomic mass is 10.2. The number of aromatic nitrogens is 1. The number of rotatable bonds is 7. The molecule has 0 aliphatic carbocycles. The third-order valence-electron chi connectivity index (χ3n) is 3.97. The summed E-state index contributed by atoms with van der Waals surface area (Å²) in [4.78, 5) is 12.1. The Balaban J connectivity index is 1.47. The number of nitrogens with zero attached hydrogens (tertiary/aromatic N) is 1. The number of carbonyl (C=O) groups excluding carboxylic acids is 1. The first-order valence-corrected chi connectivity index (χ1v) is 8.45. The van der Waals surface area contributed by atoms with Crippen molar-refractivity contribution >= 4 is 17.5 Å². The highest BCUT2D eigenvalue weighted by Gasteiger charge is 2.17. The number of amides is 1. The van der Waals surface area contributed by atoms with Crippen LogP contribution in [0.2, 0.25) is 0 Å². The number of hydrogen-bond donors (Lipinski definition) is 2. The Morgan fingerprint density at radius 2 is 2.20 bits per heavy atom. The van der Waals surface area contributed by atoms with E-state index in [0.29, 0.717) is 12.5 Å². The average Bonchev–Trinajstić information content (AvgIpc) is 3.26. The number of hydrogen-bond acceptors (Lipinski definition) is 6. The molecular weight excluding hydrogens is 322 g/mol. The molecule has 2 N–H and O–H groups in total. The van der Waals surface area contributed by atoms with Gasteiger partial charge >= 0.3 is 0 Å². The standard InChI is InChI=1S/C18H23N3O4/c1-12-10-17(25-21-12)20-18(22)13(2)19-14-5-7-15(8-6-14)24-11-16-4-3-9-23-16/h5-8,10,13,16,19H,3-4,9,11H2,1-2H3,(H,20,22)/t13-,16+/m0/s1. The third-order valence-corrected chi connectivity index (χ3v) is 3.97. The van der Waals surface area contributed by atoms with Gasteiger partial charge in [0.1, 0.15) is 18.4 Å². The first kappa shape index (κ1) is 17.3. The van der Waals surface area contributed by atoms with Gasteiger partial charge < -0.3 is 19.3 Å². The van der Waals surface area contributed by atoms with Crippen LogP contribution in [0, 0.1) is 6.92 Å². The van der Waals surface area contributed by atoms with Crippen molar-refractivity contribution in [2.45, 2.75) is 38.8 Å². The molecule has 1 aliphatic rings. The molecule has 0 unspecified atom stereocenters. The van der Waals surface area contributed by atoms with Gasteiger partial charge in [0, 0.05) is 18.4 Å². The minimum absolute atomic E-state index is 0.196. The molecule has 25 heavy (non-hydrogen) atoms. The van der Waals surface area contributed by atoms with Crippen LogP contribution in [-0.4, -0.2) is 36.4 Å². The first-order valence-electron chi connectivity index (χ1n) is 8.45. The highest BCUT2D eigenvalue weighted by Crippen LogP contribution is 2.19. The summed E-state index contributed by atoms with van der Waals surface area (Å²) < 4.78 is 16.2. The van der Waals surface area contributed by atoms with Crippen molar-refractivity contribution in [2.75, 3.05) is 23.8 Å². The smallest absolute Gasteiger partial charge is 0.248 e. The number of carbonyl (C=O) groups is 1. The molecule has 0 radical (unpaired) electrons. The third kappa shape index (κ3) is 4.96. The van der Waals surface area contributed by atoms with Crippen molar-refractivity contribution in [1.82, 2.24) is 5.16 Å². The van der Waals surface area contributed by atoms with Crippen LogP contribution < -0.4 is 15.4 Å². The lowest BCUT2D eigenvalue weighted by molar-refractivity contribution is -0.116. The fourth-order valence-electron chi connectivity index (χ4n) is 2.58.